The number of benzene rings is 4. The fourth-order valence-corrected chi connectivity index (χ4v) is 5.16. The smallest absolute Gasteiger partial charge is 0.338 e. The van der Waals surface area contributed by atoms with Crippen LogP contribution in [0.5, 0.6) is 0 Å². The zero-order valence-corrected chi connectivity index (χ0v) is 27.1. The monoisotopic (exact) mass is 666 g/mol. The average Bonchev–Trinajstić information content (AvgIpc) is 3.09. The molecule has 11 nitrogen and oxygen atoms in total. The Morgan fingerprint density at radius 2 is 1.56 bits per heavy atom. The number of rotatable bonds is 14. The lowest BCUT2D eigenvalue weighted by Crippen LogP contribution is -2.30. The lowest BCUT2D eigenvalue weighted by molar-refractivity contribution is -0.384. The maximum Gasteiger partial charge on any atom is 0.338 e. The van der Waals surface area contributed by atoms with Crippen molar-refractivity contribution in [3.63, 3.8) is 0 Å². The molecule has 0 saturated heterocycles. The molecular weight excluding hydrogens is 632 g/mol. The number of nitro groups is 1. The number of unbranched alkanes of at least 4 members (excludes halogenated alkanes) is 1. The highest BCUT2D eigenvalue weighted by atomic mass is 32.2. The Hall–Kier alpha value is -5.75. The molecule has 0 bridgehead atoms. The van der Waals surface area contributed by atoms with Gasteiger partial charge in [-0.1, -0.05) is 37.6 Å². The second-order valence-electron chi connectivity index (χ2n) is 10.5. The van der Waals surface area contributed by atoms with Crippen LogP contribution < -0.4 is 16.0 Å². The predicted molar refractivity (Wildman–Crippen MR) is 186 cm³/mol. The van der Waals surface area contributed by atoms with E-state index in [0.717, 1.165) is 12.8 Å². The Bertz CT molecular complexity index is 1790. The van der Waals surface area contributed by atoms with E-state index in [0.29, 0.717) is 39.6 Å². The normalized spacial score (nSPS) is 11.6. The fourth-order valence-electron chi connectivity index (χ4n) is 4.23. The van der Waals surface area contributed by atoms with E-state index in [2.05, 4.69) is 16.0 Å². The Kier molecular flexibility index (Phi) is 12.6. The van der Waals surface area contributed by atoms with Crippen LogP contribution in [0.3, 0.4) is 0 Å². The van der Waals surface area contributed by atoms with Crippen LogP contribution in [-0.4, -0.2) is 40.5 Å². The van der Waals surface area contributed by atoms with Crippen molar-refractivity contribution in [1.29, 1.82) is 0 Å². The third-order valence-corrected chi connectivity index (χ3v) is 7.93. The summed E-state index contributed by atoms with van der Waals surface area (Å²) in [6, 6.07) is 27.3. The first kappa shape index (κ1) is 35.1. The largest absolute Gasteiger partial charge is 0.462 e. The summed E-state index contributed by atoms with van der Waals surface area (Å²) in [7, 11) is 0. The maximum absolute atomic E-state index is 13.4. The van der Waals surface area contributed by atoms with Crippen molar-refractivity contribution in [2.75, 3.05) is 17.2 Å². The number of amides is 3. The second-order valence-corrected chi connectivity index (χ2v) is 11.9. The molecule has 1 unspecified atom stereocenters. The predicted octanol–water partition coefficient (Wildman–Crippen LogP) is 7.08. The van der Waals surface area contributed by atoms with E-state index in [1.807, 2.05) is 6.92 Å². The van der Waals surface area contributed by atoms with Crippen molar-refractivity contribution < 1.29 is 28.8 Å². The Morgan fingerprint density at radius 1 is 0.854 bits per heavy atom. The summed E-state index contributed by atoms with van der Waals surface area (Å²) in [5.41, 5.74) is 1.96. The highest BCUT2D eigenvalue weighted by molar-refractivity contribution is 8.00. The van der Waals surface area contributed by atoms with Crippen LogP contribution in [0, 0.1) is 10.1 Å². The maximum atomic E-state index is 13.4. The van der Waals surface area contributed by atoms with Gasteiger partial charge in [0.05, 0.1) is 22.3 Å². The molecule has 0 fully saturated rings. The fraction of sp³-hybridized carbons (Fsp3) is 0.167. The van der Waals surface area contributed by atoms with Gasteiger partial charge in [0.1, 0.15) is 5.70 Å². The summed E-state index contributed by atoms with van der Waals surface area (Å²) >= 11 is 1.28. The summed E-state index contributed by atoms with van der Waals surface area (Å²) in [5.74, 6) is -1.80. The van der Waals surface area contributed by atoms with Crippen molar-refractivity contribution in [3.05, 3.63) is 136 Å². The van der Waals surface area contributed by atoms with Gasteiger partial charge in [-0.3, -0.25) is 24.5 Å². The molecule has 4 rings (SSSR count). The van der Waals surface area contributed by atoms with E-state index < -0.39 is 28.0 Å². The average molecular weight is 667 g/mol. The van der Waals surface area contributed by atoms with Gasteiger partial charge in [-0.15, -0.1) is 11.8 Å². The molecule has 12 heteroatoms. The quantitative estimate of drug-likeness (QED) is 0.0322. The van der Waals surface area contributed by atoms with Crippen LogP contribution >= 0.6 is 11.8 Å². The molecule has 48 heavy (non-hydrogen) atoms. The number of nitrogens with zero attached hydrogens (tertiary/aromatic N) is 1. The summed E-state index contributed by atoms with van der Waals surface area (Å²) in [6.07, 6.45) is 3.14. The minimum atomic E-state index is -0.622. The third-order valence-electron chi connectivity index (χ3n) is 6.84. The third kappa shape index (κ3) is 10.4. The molecule has 0 aliphatic rings. The minimum Gasteiger partial charge on any atom is -0.462 e. The van der Waals surface area contributed by atoms with E-state index in [9.17, 15) is 29.3 Å². The number of ether oxygens (including phenoxy) is 1. The molecule has 3 amide bonds. The topological polar surface area (TPSA) is 157 Å². The first-order valence-corrected chi connectivity index (χ1v) is 16.0. The van der Waals surface area contributed by atoms with Gasteiger partial charge in [0.25, 0.3) is 17.5 Å². The summed E-state index contributed by atoms with van der Waals surface area (Å²) in [4.78, 5) is 62.7. The first-order valence-electron chi connectivity index (χ1n) is 15.1. The lowest BCUT2D eigenvalue weighted by atomic mass is 10.1. The van der Waals surface area contributed by atoms with Crippen molar-refractivity contribution in [3.8, 4) is 0 Å². The van der Waals surface area contributed by atoms with Gasteiger partial charge in [0, 0.05) is 34.0 Å². The number of carbonyl (C=O) groups is 4. The standard InChI is InChI=1S/C36H34N4O7S/c1-3-4-21-47-36(44)27-15-17-28(18-16-27)37-33(41)24(2)48-31-12-8-11-29(23-31)38-35(43)32(39-34(42)26-9-6-5-7-10-26)22-25-13-19-30(20-14-25)40(45)46/h5-20,22-24H,3-4,21H2,1-2H3,(H,37,41)(H,38,43)(H,39,42)/b32-22+. The van der Waals surface area contributed by atoms with Crippen molar-refractivity contribution in [2.24, 2.45) is 0 Å². The van der Waals surface area contributed by atoms with E-state index in [1.54, 1.807) is 85.8 Å². The highest BCUT2D eigenvalue weighted by Crippen LogP contribution is 2.27. The lowest BCUT2D eigenvalue weighted by Gasteiger charge is -2.14. The Labute approximate surface area is 281 Å². The number of hydrogen-bond acceptors (Lipinski definition) is 8. The molecule has 3 N–H and O–H groups in total. The molecule has 4 aromatic carbocycles. The van der Waals surface area contributed by atoms with Gasteiger partial charge in [-0.2, -0.15) is 0 Å². The van der Waals surface area contributed by atoms with Crippen molar-refractivity contribution >= 4 is 58.6 Å². The number of esters is 1. The van der Waals surface area contributed by atoms with Crippen LogP contribution in [0.15, 0.2) is 114 Å². The Balaban J connectivity index is 1.42. The summed E-state index contributed by atoms with van der Waals surface area (Å²) in [5, 5.41) is 18.8. The number of nitrogens with one attached hydrogen (secondary N) is 3. The molecule has 0 aliphatic carbocycles. The van der Waals surface area contributed by atoms with E-state index in [-0.39, 0.29) is 17.3 Å². The molecule has 0 aliphatic heterocycles. The summed E-state index contributed by atoms with van der Waals surface area (Å²) < 4.78 is 5.22. The van der Waals surface area contributed by atoms with Crippen molar-refractivity contribution in [1.82, 2.24) is 5.32 Å². The number of anilines is 2. The molecule has 0 saturated carbocycles. The SMILES string of the molecule is CCCCOC(=O)c1ccc(NC(=O)C(C)Sc2cccc(NC(=O)/C(=C\c3ccc([N+](=O)[O-])cc3)NC(=O)c3ccccc3)c2)cc1. The second kappa shape index (κ2) is 17.2. The first-order chi connectivity index (χ1) is 23.1. The molecular formula is C36H34N4O7S. The zero-order valence-electron chi connectivity index (χ0n) is 26.3. The van der Waals surface area contributed by atoms with Gasteiger partial charge in [-0.05, 0) is 91.7 Å². The number of thioether (sulfide) groups is 1. The molecule has 0 heterocycles. The Morgan fingerprint density at radius 3 is 2.23 bits per heavy atom. The van der Waals surface area contributed by atoms with E-state index >= 15 is 0 Å². The molecule has 246 valence electrons. The van der Waals surface area contributed by atoms with E-state index in [4.69, 9.17) is 4.74 Å². The number of carbonyl (C=O) groups excluding carboxylic acids is 4. The van der Waals surface area contributed by atoms with Crippen LogP contribution in [0.25, 0.3) is 6.08 Å². The van der Waals surface area contributed by atoms with Crippen LogP contribution in [0.4, 0.5) is 17.1 Å². The molecule has 0 spiro atoms. The molecule has 0 aromatic heterocycles. The molecule has 4 aromatic rings. The van der Waals surface area contributed by atoms with Crippen LogP contribution in [0.1, 0.15) is 53.0 Å². The van der Waals surface area contributed by atoms with Gasteiger partial charge < -0.3 is 20.7 Å². The van der Waals surface area contributed by atoms with Crippen molar-refractivity contribution in [2.45, 2.75) is 36.8 Å². The number of nitro benzene ring substituents is 1. The van der Waals surface area contributed by atoms with Gasteiger partial charge in [0.2, 0.25) is 5.91 Å². The van der Waals surface area contributed by atoms with Crippen LogP contribution in [-0.2, 0) is 14.3 Å². The summed E-state index contributed by atoms with van der Waals surface area (Å²) in [6.45, 7) is 4.12. The van der Waals surface area contributed by atoms with E-state index in [1.165, 1.54) is 42.1 Å². The minimum absolute atomic E-state index is 0.0799. The number of non-ortho nitro benzene ring substituents is 1. The number of hydrogen-bond donors (Lipinski definition) is 3. The highest BCUT2D eigenvalue weighted by Gasteiger charge is 2.18. The zero-order chi connectivity index (χ0) is 34.5. The molecule has 1 atom stereocenters. The van der Waals surface area contributed by atoms with Gasteiger partial charge in [-0.25, -0.2) is 4.79 Å². The van der Waals surface area contributed by atoms with Gasteiger partial charge >= 0.3 is 5.97 Å². The molecule has 0 radical (unpaired) electrons. The van der Waals surface area contributed by atoms with Crippen LogP contribution in [0.2, 0.25) is 0 Å². The van der Waals surface area contributed by atoms with Gasteiger partial charge in [0.15, 0.2) is 0 Å².